The number of hydrogen-bond acceptors (Lipinski definition) is 2. The molecule has 1 atom stereocenters. The van der Waals surface area contributed by atoms with Crippen LogP contribution in [-0.2, 0) is 6.42 Å². The molecule has 0 N–H and O–H groups in total. The zero-order valence-corrected chi connectivity index (χ0v) is 11.0. The third-order valence-corrected chi connectivity index (χ3v) is 4.55. The van der Waals surface area contributed by atoms with Gasteiger partial charge < -0.3 is 0 Å². The number of alkyl halides is 2. The largest absolute Gasteiger partial charge is 0.272 e. The van der Waals surface area contributed by atoms with Gasteiger partial charge in [-0.25, -0.2) is 0 Å². The summed E-state index contributed by atoms with van der Waals surface area (Å²) in [5.74, 6) is 0.443. The molecule has 1 aliphatic carbocycles. The summed E-state index contributed by atoms with van der Waals surface area (Å²) >= 11 is 7.04. The van der Waals surface area contributed by atoms with Crippen LogP contribution in [0.5, 0.6) is 0 Å². The first-order chi connectivity index (χ1) is 7.00. The monoisotopic (exact) mass is 333 g/mol. The summed E-state index contributed by atoms with van der Waals surface area (Å²) in [6.45, 7) is 0. The Balaban J connectivity index is 2.18. The molecule has 0 saturated heterocycles. The normalized spacial score (nSPS) is 22.4. The van der Waals surface area contributed by atoms with Crippen molar-refractivity contribution in [3.8, 4) is 0 Å². The lowest BCUT2D eigenvalue weighted by molar-refractivity contribution is -0.385. The molecule has 15 heavy (non-hydrogen) atoms. The maximum Gasteiger partial charge on any atom is 0.272 e. The molecule has 0 bridgehead atoms. The predicted molar refractivity (Wildman–Crippen MR) is 65.5 cm³/mol. The molecule has 0 amide bonds. The molecule has 5 heteroatoms. The molecule has 0 aromatic heterocycles. The van der Waals surface area contributed by atoms with E-state index in [1.54, 1.807) is 12.1 Å². The van der Waals surface area contributed by atoms with Crippen molar-refractivity contribution >= 4 is 37.5 Å². The Morgan fingerprint density at radius 3 is 2.60 bits per heavy atom. The van der Waals surface area contributed by atoms with Crippen molar-refractivity contribution in [1.82, 2.24) is 0 Å². The van der Waals surface area contributed by atoms with Gasteiger partial charge in [0.15, 0.2) is 0 Å². The second-order valence-electron chi connectivity index (χ2n) is 3.75. The molecule has 1 aromatic rings. The van der Waals surface area contributed by atoms with E-state index in [0.717, 1.165) is 18.4 Å². The number of para-hydroxylation sites is 1. The number of rotatable bonds is 3. The van der Waals surface area contributed by atoms with Crippen LogP contribution in [0.15, 0.2) is 24.3 Å². The molecule has 1 saturated carbocycles. The van der Waals surface area contributed by atoms with Gasteiger partial charge in [0.2, 0.25) is 0 Å². The van der Waals surface area contributed by atoms with E-state index < -0.39 is 0 Å². The van der Waals surface area contributed by atoms with E-state index in [1.807, 2.05) is 12.1 Å². The van der Waals surface area contributed by atoms with E-state index in [0.29, 0.717) is 5.92 Å². The van der Waals surface area contributed by atoms with E-state index in [2.05, 4.69) is 31.9 Å². The number of benzene rings is 1. The molecule has 3 nitrogen and oxygen atoms in total. The highest BCUT2D eigenvalue weighted by Gasteiger charge is 2.50. The third-order valence-electron chi connectivity index (χ3n) is 2.61. The van der Waals surface area contributed by atoms with Gasteiger partial charge in [-0.1, -0.05) is 50.1 Å². The van der Waals surface area contributed by atoms with Crippen LogP contribution in [0, 0.1) is 16.0 Å². The van der Waals surface area contributed by atoms with Gasteiger partial charge in [0.25, 0.3) is 5.69 Å². The van der Waals surface area contributed by atoms with Crippen molar-refractivity contribution in [2.24, 2.45) is 5.92 Å². The summed E-state index contributed by atoms with van der Waals surface area (Å²) < 4.78 is 0.00368. The Labute approximate surface area is 104 Å². The number of hydrogen-bond donors (Lipinski definition) is 0. The number of nitro benzene ring substituents is 1. The van der Waals surface area contributed by atoms with E-state index in [-0.39, 0.29) is 13.8 Å². The minimum atomic E-state index is -0.318. The van der Waals surface area contributed by atoms with Crippen molar-refractivity contribution in [2.45, 2.75) is 16.1 Å². The Morgan fingerprint density at radius 1 is 1.47 bits per heavy atom. The molecular weight excluding hydrogens is 326 g/mol. The van der Waals surface area contributed by atoms with E-state index >= 15 is 0 Å². The summed E-state index contributed by atoms with van der Waals surface area (Å²) in [6.07, 6.45) is 1.76. The van der Waals surface area contributed by atoms with Gasteiger partial charge in [0.1, 0.15) is 0 Å². The summed E-state index contributed by atoms with van der Waals surface area (Å²) in [7, 11) is 0. The molecular formula is C10H9Br2NO2. The Kier molecular flexibility index (Phi) is 2.85. The molecule has 1 aromatic carbocycles. The first kappa shape index (κ1) is 11.1. The van der Waals surface area contributed by atoms with Crippen LogP contribution in [0.4, 0.5) is 5.69 Å². The second-order valence-corrected chi connectivity index (χ2v) is 7.65. The average molecular weight is 335 g/mol. The Bertz CT molecular complexity index is 406. The average Bonchev–Trinajstić information content (AvgIpc) is 2.74. The fourth-order valence-corrected chi connectivity index (χ4v) is 2.72. The van der Waals surface area contributed by atoms with Crippen LogP contribution in [0.25, 0.3) is 0 Å². The molecule has 2 rings (SSSR count). The zero-order valence-electron chi connectivity index (χ0n) is 7.82. The van der Waals surface area contributed by atoms with Crippen LogP contribution in [-0.4, -0.2) is 8.16 Å². The molecule has 80 valence electrons. The van der Waals surface area contributed by atoms with Gasteiger partial charge >= 0.3 is 0 Å². The molecule has 0 spiro atoms. The van der Waals surface area contributed by atoms with Crippen molar-refractivity contribution in [1.29, 1.82) is 0 Å². The summed E-state index contributed by atoms with van der Waals surface area (Å²) in [5.41, 5.74) is 1.04. The van der Waals surface area contributed by atoms with E-state index in [1.165, 1.54) is 0 Å². The van der Waals surface area contributed by atoms with Crippen molar-refractivity contribution in [3.05, 3.63) is 39.9 Å². The van der Waals surface area contributed by atoms with Crippen molar-refractivity contribution in [3.63, 3.8) is 0 Å². The van der Waals surface area contributed by atoms with Crippen LogP contribution in [0.3, 0.4) is 0 Å². The molecule has 0 aliphatic heterocycles. The standard InChI is InChI=1S/C10H9Br2NO2/c11-10(12)6-8(10)5-7-3-1-2-4-9(7)13(14)15/h1-4,8H,5-6H2. The van der Waals surface area contributed by atoms with Gasteiger partial charge in [0, 0.05) is 11.6 Å². The quantitative estimate of drug-likeness (QED) is 0.481. The summed E-state index contributed by atoms with van der Waals surface area (Å²) in [4.78, 5) is 10.4. The molecule has 1 unspecified atom stereocenters. The van der Waals surface area contributed by atoms with Gasteiger partial charge in [-0.2, -0.15) is 0 Å². The Hall–Kier alpha value is -0.420. The molecule has 1 fully saturated rings. The van der Waals surface area contributed by atoms with Gasteiger partial charge in [0.05, 0.1) is 8.16 Å². The number of nitro groups is 1. The highest BCUT2D eigenvalue weighted by Crippen LogP contribution is 2.57. The first-order valence-electron chi connectivity index (χ1n) is 4.61. The highest BCUT2D eigenvalue weighted by molar-refractivity contribution is 9.25. The number of nitrogens with zero attached hydrogens (tertiary/aromatic N) is 1. The van der Waals surface area contributed by atoms with Gasteiger partial charge in [-0.05, 0) is 18.8 Å². The van der Waals surface area contributed by atoms with Crippen LogP contribution in [0.1, 0.15) is 12.0 Å². The minimum Gasteiger partial charge on any atom is -0.258 e. The van der Waals surface area contributed by atoms with Crippen molar-refractivity contribution < 1.29 is 4.92 Å². The van der Waals surface area contributed by atoms with Crippen LogP contribution < -0.4 is 0 Å². The highest BCUT2D eigenvalue weighted by atomic mass is 79.9. The first-order valence-corrected chi connectivity index (χ1v) is 6.19. The minimum absolute atomic E-state index is 0.00368. The lowest BCUT2D eigenvalue weighted by Crippen LogP contribution is -1.99. The zero-order chi connectivity index (χ0) is 11.1. The smallest absolute Gasteiger partial charge is 0.258 e. The van der Waals surface area contributed by atoms with E-state index in [9.17, 15) is 10.1 Å². The molecule has 0 heterocycles. The van der Waals surface area contributed by atoms with Gasteiger partial charge in [-0.3, -0.25) is 10.1 Å². The van der Waals surface area contributed by atoms with Crippen LogP contribution >= 0.6 is 31.9 Å². The summed E-state index contributed by atoms with van der Waals surface area (Å²) in [6, 6.07) is 6.92. The molecule has 1 aliphatic rings. The fourth-order valence-electron chi connectivity index (χ4n) is 1.62. The maximum absolute atomic E-state index is 10.8. The molecule has 0 radical (unpaired) electrons. The predicted octanol–water partition coefficient (Wildman–Crippen LogP) is 3.64. The SMILES string of the molecule is O=[N+]([O-])c1ccccc1CC1CC1(Br)Br. The lowest BCUT2D eigenvalue weighted by atomic mass is 10.1. The second kappa shape index (κ2) is 3.87. The number of halogens is 2. The van der Waals surface area contributed by atoms with Crippen molar-refractivity contribution in [2.75, 3.05) is 0 Å². The topological polar surface area (TPSA) is 43.1 Å². The van der Waals surface area contributed by atoms with Gasteiger partial charge in [-0.15, -0.1) is 0 Å². The maximum atomic E-state index is 10.8. The van der Waals surface area contributed by atoms with Crippen LogP contribution in [0.2, 0.25) is 0 Å². The summed E-state index contributed by atoms with van der Waals surface area (Å²) in [5, 5.41) is 10.8. The van der Waals surface area contributed by atoms with E-state index in [4.69, 9.17) is 0 Å². The third kappa shape index (κ3) is 2.39. The lowest BCUT2D eigenvalue weighted by Gasteiger charge is -2.02. The Morgan fingerprint density at radius 2 is 2.07 bits per heavy atom. The fraction of sp³-hybridized carbons (Fsp3) is 0.400.